The first kappa shape index (κ1) is 12.9. The zero-order valence-corrected chi connectivity index (χ0v) is 10.9. The predicted molar refractivity (Wildman–Crippen MR) is 66.3 cm³/mol. The molecule has 0 atom stereocenters. The number of aryl methyl sites for hydroxylation is 1. The van der Waals surface area contributed by atoms with E-state index in [1.54, 1.807) is 19.1 Å². The molecule has 0 fully saturated rings. The Bertz CT molecular complexity index is 602. The second-order valence-electron chi connectivity index (χ2n) is 3.68. The lowest BCUT2D eigenvalue weighted by Crippen LogP contribution is -2.02. The van der Waals surface area contributed by atoms with E-state index in [1.165, 1.54) is 0 Å². The number of anilines is 2. The van der Waals surface area contributed by atoms with Crippen LogP contribution in [0.25, 0.3) is 0 Å². The molecule has 2 nitrogen and oxygen atoms in total. The number of pyridine rings is 1. The minimum atomic E-state index is -1.34. The molecule has 18 heavy (non-hydrogen) atoms. The quantitative estimate of drug-likeness (QED) is 0.835. The average molecular weight is 317 g/mol. The Kier molecular flexibility index (Phi) is 3.56. The summed E-state index contributed by atoms with van der Waals surface area (Å²) in [5, 5.41) is 2.63. The number of nitrogens with one attached hydrogen (secondary N) is 1. The molecule has 0 bridgehead atoms. The van der Waals surface area contributed by atoms with E-state index >= 15 is 0 Å². The molecule has 1 N–H and O–H groups in total. The minimum absolute atomic E-state index is 0.352. The van der Waals surface area contributed by atoms with Gasteiger partial charge >= 0.3 is 0 Å². The molecule has 94 valence electrons. The van der Waals surface area contributed by atoms with Crippen LogP contribution in [0.4, 0.5) is 24.7 Å². The predicted octanol–water partition coefficient (Wildman–Crippen LogP) is 4.31. The zero-order valence-electron chi connectivity index (χ0n) is 9.27. The second-order valence-corrected chi connectivity index (χ2v) is 4.59. The SMILES string of the molecule is Cc1ccc(Br)cc1Nc1nc(F)c(F)cc1F. The van der Waals surface area contributed by atoms with Crippen molar-refractivity contribution in [1.82, 2.24) is 4.98 Å². The molecule has 0 saturated carbocycles. The fourth-order valence-electron chi connectivity index (χ4n) is 1.39. The van der Waals surface area contributed by atoms with Gasteiger partial charge in [0.15, 0.2) is 17.5 Å². The van der Waals surface area contributed by atoms with Crippen LogP contribution in [-0.2, 0) is 0 Å². The highest BCUT2D eigenvalue weighted by Crippen LogP contribution is 2.25. The van der Waals surface area contributed by atoms with Crippen molar-refractivity contribution in [3.05, 3.63) is 51.9 Å². The summed E-state index contributed by atoms with van der Waals surface area (Å²) in [5.74, 6) is -3.96. The number of hydrogen-bond donors (Lipinski definition) is 1. The molecule has 1 aromatic heterocycles. The maximum Gasteiger partial charge on any atom is 0.251 e. The van der Waals surface area contributed by atoms with Crippen molar-refractivity contribution in [2.45, 2.75) is 6.92 Å². The van der Waals surface area contributed by atoms with Crippen molar-refractivity contribution in [3.8, 4) is 0 Å². The number of rotatable bonds is 2. The fraction of sp³-hybridized carbons (Fsp3) is 0.0833. The third-order valence-electron chi connectivity index (χ3n) is 2.34. The van der Waals surface area contributed by atoms with E-state index in [0.717, 1.165) is 10.0 Å². The molecular formula is C12H8BrF3N2. The van der Waals surface area contributed by atoms with E-state index in [2.05, 4.69) is 26.2 Å². The van der Waals surface area contributed by atoms with Crippen LogP contribution >= 0.6 is 15.9 Å². The molecule has 0 spiro atoms. The molecule has 0 radical (unpaired) electrons. The molecule has 2 rings (SSSR count). The van der Waals surface area contributed by atoms with Gasteiger partial charge in [-0.3, -0.25) is 0 Å². The molecule has 1 aromatic carbocycles. The van der Waals surface area contributed by atoms with Crippen molar-refractivity contribution >= 4 is 27.4 Å². The Morgan fingerprint density at radius 2 is 1.83 bits per heavy atom. The van der Waals surface area contributed by atoms with Crippen LogP contribution in [0, 0.1) is 24.5 Å². The van der Waals surface area contributed by atoms with Gasteiger partial charge in [-0.15, -0.1) is 0 Å². The molecule has 0 aliphatic carbocycles. The summed E-state index contributed by atoms with van der Waals surface area (Å²) in [7, 11) is 0. The largest absolute Gasteiger partial charge is 0.337 e. The lowest BCUT2D eigenvalue weighted by atomic mass is 10.2. The first-order valence-corrected chi connectivity index (χ1v) is 5.81. The van der Waals surface area contributed by atoms with Crippen molar-refractivity contribution in [1.29, 1.82) is 0 Å². The number of nitrogens with zero attached hydrogens (tertiary/aromatic N) is 1. The standard InChI is InChI=1S/C12H8BrF3N2/c1-6-2-3-7(13)4-10(6)17-12-9(15)5-8(14)11(16)18-12/h2-5H,1H3,(H,17,18). The molecule has 6 heteroatoms. The van der Waals surface area contributed by atoms with Crippen LogP contribution in [0.2, 0.25) is 0 Å². The topological polar surface area (TPSA) is 24.9 Å². The van der Waals surface area contributed by atoms with E-state index in [0.29, 0.717) is 11.8 Å². The van der Waals surface area contributed by atoms with Gasteiger partial charge in [0.25, 0.3) is 5.95 Å². The van der Waals surface area contributed by atoms with Crippen LogP contribution in [0.3, 0.4) is 0 Å². The molecule has 1 heterocycles. The van der Waals surface area contributed by atoms with E-state index in [1.807, 2.05) is 6.07 Å². The molecule has 0 amide bonds. The van der Waals surface area contributed by atoms with E-state index in [-0.39, 0.29) is 5.82 Å². The summed E-state index contributed by atoms with van der Waals surface area (Å²) < 4.78 is 39.9. The van der Waals surface area contributed by atoms with Gasteiger partial charge in [-0.2, -0.15) is 9.37 Å². The van der Waals surface area contributed by atoms with Crippen molar-refractivity contribution < 1.29 is 13.2 Å². The van der Waals surface area contributed by atoms with Gasteiger partial charge in [-0.1, -0.05) is 22.0 Å². The number of aromatic nitrogens is 1. The summed E-state index contributed by atoms with van der Waals surface area (Å²) in [5.41, 5.74) is 1.38. The second kappa shape index (κ2) is 4.97. The first-order chi connectivity index (χ1) is 8.47. The summed E-state index contributed by atoms with van der Waals surface area (Å²) in [6, 6.07) is 5.76. The highest BCUT2D eigenvalue weighted by molar-refractivity contribution is 9.10. The fourth-order valence-corrected chi connectivity index (χ4v) is 1.75. The van der Waals surface area contributed by atoms with Crippen LogP contribution < -0.4 is 5.32 Å². The Morgan fingerprint density at radius 3 is 2.56 bits per heavy atom. The number of benzene rings is 1. The Balaban J connectivity index is 2.40. The Morgan fingerprint density at radius 1 is 1.11 bits per heavy atom. The van der Waals surface area contributed by atoms with E-state index < -0.39 is 17.6 Å². The minimum Gasteiger partial charge on any atom is -0.337 e. The summed E-state index contributed by atoms with van der Waals surface area (Å²) in [6.07, 6.45) is 0. The monoisotopic (exact) mass is 316 g/mol. The van der Waals surface area contributed by atoms with E-state index in [9.17, 15) is 13.2 Å². The Labute approximate surface area is 110 Å². The molecule has 0 saturated heterocycles. The third-order valence-corrected chi connectivity index (χ3v) is 2.83. The lowest BCUT2D eigenvalue weighted by Gasteiger charge is -2.10. The van der Waals surface area contributed by atoms with Gasteiger partial charge in [-0.25, -0.2) is 8.78 Å². The summed E-state index contributed by atoms with van der Waals surface area (Å²) >= 11 is 3.27. The van der Waals surface area contributed by atoms with Crippen LogP contribution in [0.15, 0.2) is 28.7 Å². The average Bonchev–Trinajstić information content (AvgIpc) is 2.30. The van der Waals surface area contributed by atoms with Gasteiger partial charge in [0.1, 0.15) is 0 Å². The maximum absolute atomic E-state index is 13.4. The first-order valence-electron chi connectivity index (χ1n) is 5.02. The van der Waals surface area contributed by atoms with Gasteiger partial charge in [0.2, 0.25) is 0 Å². The third kappa shape index (κ3) is 2.64. The van der Waals surface area contributed by atoms with Gasteiger partial charge in [-0.05, 0) is 24.6 Å². The van der Waals surface area contributed by atoms with Crippen molar-refractivity contribution in [2.75, 3.05) is 5.32 Å². The Hall–Kier alpha value is -1.56. The number of halogens is 4. The summed E-state index contributed by atoms with van der Waals surface area (Å²) in [4.78, 5) is 3.20. The molecular weight excluding hydrogens is 309 g/mol. The van der Waals surface area contributed by atoms with Crippen molar-refractivity contribution in [2.24, 2.45) is 0 Å². The van der Waals surface area contributed by atoms with Crippen molar-refractivity contribution in [3.63, 3.8) is 0 Å². The summed E-state index contributed by atoms with van der Waals surface area (Å²) in [6.45, 7) is 1.80. The van der Waals surface area contributed by atoms with Gasteiger partial charge in [0.05, 0.1) is 0 Å². The maximum atomic E-state index is 13.4. The molecule has 0 unspecified atom stereocenters. The highest BCUT2D eigenvalue weighted by Gasteiger charge is 2.12. The molecule has 0 aliphatic heterocycles. The normalized spacial score (nSPS) is 10.5. The lowest BCUT2D eigenvalue weighted by molar-refractivity contribution is 0.467. The molecule has 0 aliphatic rings. The van der Waals surface area contributed by atoms with Crippen LogP contribution in [-0.4, -0.2) is 4.98 Å². The van der Waals surface area contributed by atoms with Crippen LogP contribution in [0.5, 0.6) is 0 Å². The van der Waals surface area contributed by atoms with Crippen LogP contribution in [0.1, 0.15) is 5.56 Å². The van der Waals surface area contributed by atoms with E-state index in [4.69, 9.17) is 0 Å². The van der Waals surface area contributed by atoms with Gasteiger partial charge < -0.3 is 5.32 Å². The molecule has 2 aromatic rings. The number of hydrogen-bond acceptors (Lipinski definition) is 2. The highest BCUT2D eigenvalue weighted by atomic mass is 79.9. The smallest absolute Gasteiger partial charge is 0.251 e. The van der Waals surface area contributed by atoms with Gasteiger partial charge in [0, 0.05) is 16.2 Å². The zero-order chi connectivity index (χ0) is 13.3.